The molecule has 5 aliphatic carbocycles. The number of rotatable bonds is 3. The minimum absolute atomic E-state index is 0.124. The molecule has 4 nitrogen and oxygen atoms in total. The van der Waals surface area contributed by atoms with Crippen molar-refractivity contribution in [1.29, 1.82) is 0 Å². The number of amides is 1. The van der Waals surface area contributed by atoms with Crippen LogP contribution in [0.4, 0.5) is 5.82 Å². The van der Waals surface area contributed by atoms with Gasteiger partial charge in [0.05, 0.1) is 17.7 Å². The van der Waals surface area contributed by atoms with Crippen LogP contribution in [-0.4, -0.2) is 15.7 Å². The van der Waals surface area contributed by atoms with E-state index in [-0.39, 0.29) is 17.4 Å². The minimum atomic E-state index is -0.124. The maximum Gasteiger partial charge on any atom is 0.231 e. The third-order valence-electron chi connectivity index (χ3n) is 8.36. The van der Waals surface area contributed by atoms with Gasteiger partial charge >= 0.3 is 0 Å². The van der Waals surface area contributed by atoms with Gasteiger partial charge in [-0.05, 0) is 93.6 Å². The van der Waals surface area contributed by atoms with E-state index < -0.39 is 0 Å². The van der Waals surface area contributed by atoms with Crippen LogP contribution in [0.5, 0.6) is 0 Å². The number of carbonyl (C=O) groups excluding carboxylic acids is 1. The molecule has 1 aromatic heterocycles. The summed E-state index contributed by atoms with van der Waals surface area (Å²) in [5.41, 5.74) is 3.74. The van der Waals surface area contributed by atoms with Gasteiger partial charge in [-0.15, -0.1) is 0 Å². The fourth-order valence-corrected chi connectivity index (χ4v) is 7.45. The summed E-state index contributed by atoms with van der Waals surface area (Å²) in [4.78, 5) is 13.6. The average Bonchev–Trinajstić information content (AvgIpc) is 3.07. The number of carbonyl (C=O) groups is 1. The second-order valence-corrected chi connectivity index (χ2v) is 10.4. The Hall–Kier alpha value is -2.10. The Balaban J connectivity index is 1.31. The third kappa shape index (κ3) is 2.78. The van der Waals surface area contributed by atoms with Crippen molar-refractivity contribution in [3.8, 4) is 0 Å². The quantitative estimate of drug-likeness (QED) is 0.777. The lowest BCUT2D eigenvalue weighted by Gasteiger charge is -2.55. The number of aryl methyl sites for hydroxylation is 2. The number of hydrogen-bond donors (Lipinski definition) is 1. The lowest BCUT2D eigenvalue weighted by Crippen LogP contribution is -2.52. The largest absolute Gasteiger partial charge is 0.310 e. The molecule has 1 N–H and O–H groups in total. The summed E-state index contributed by atoms with van der Waals surface area (Å²) in [5.74, 6) is 3.53. The topological polar surface area (TPSA) is 46.9 Å². The molecule has 0 spiro atoms. The van der Waals surface area contributed by atoms with Crippen molar-refractivity contribution in [1.82, 2.24) is 9.78 Å². The summed E-state index contributed by atoms with van der Waals surface area (Å²) in [7, 11) is 0. The summed E-state index contributed by atoms with van der Waals surface area (Å²) in [5, 5.41) is 8.15. The number of nitrogens with one attached hydrogen (secondary N) is 1. The van der Waals surface area contributed by atoms with Gasteiger partial charge in [-0.25, -0.2) is 4.68 Å². The smallest absolute Gasteiger partial charge is 0.231 e. The summed E-state index contributed by atoms with van der Waals surface area (Å²) < 4.78 is 2.10. The van der Waals surface area contributed by atoms with Gasteiger partial charge in [0, 0.05) is 5.56 Å². The molecule has 1 atom stereocenters. The Morgan fingerprint density at radius 2 is 1.79 bits per heavy atom. The molecule has 1 unspecified atom stereocenters. The number of nitrogens with zero attached hydrogens (tertiary/aromatic N) is 2. The Labute approximate surface area is 173 Å². The molecule has 1 heterocycles. The number of hydrogen-bond acceptors (Lipinski definition) is 2. The summed E-state index contributed by atoms with van der Waals surface area (Å²) in [6.07, 6.45) is 12.7. The van der Waals surface area contributed by atoms with Crippen LogP contribution in [-0.2, 0) is 11.2 Å². The number of anilines is 1. The first-order valence-corrected chi connectivity index (χ1v) is 11.5. The average molecular weight is 390 g/mol. The highest BCUT2D eigenvalue weighted by atomic mass is 16.2. The first-order chi connectivity index (χ1) is 14.1. The fourth-order valence-electron chi connectivity index (χ4n) is 7.45. The van der Waals surface area contributed by atoms with Crippen molar-refractivity contribution in [2.24, 2.45) is 23.2 Å². The standard InChI is InChI=1S/C25H31N3O/c1-16-15-26-28(22-8-4-6-20-5-2-3-7-21(20)22)23(16)27-24(29)25-12-17-9-18(13-25)11-19(10-17)14-25/h2-3,5,7,15,17-19,22H,4,6,8-14H2,1H3,(H,27,29). The van der Waals surface area contributed by atoms with Crippen LogP contribution >= 0.6 is 0 Å². The number of fused-ring (bicyclic) bond motifs is 1. The van der Waals surface area contributed by atoms with Gasteiger partial charge in [0.2, 0.25) is 5.91 Å². The van der Waals surface area contributed by atoms with Crippen LogP contribution in [0.3, 0.4) is 0 Å². The Bertz CT molecular complexity index is 923. The van der Waals surface area contributed by atoms with Crippen molar-refractivity contribution in [2.45, 2.75) is 70.8 Å². The lowest BCUT2D eigenvalue weighted by molar-refractivity contribution is -0.140. The van der Waals surface area contributed by atoms with Gasteiger partial charge in [-0.3, -0.25) is 4.79 Å². The Morgan fingerprint density at radius 1 is 1.10 bits per heavy atom. The highest BCUT2D eigenvalue weighted by molar-refractivity contribution is 5.95. The molecule has 0 radical (unpaired) electrons. The van der Waals surface area contributed by atoms with Gasteiger partial charge in [0.25, 0.3) is 0 Å². The maximum absolute atomic E-state index is 13.6. The van der Waals surface area contributed by atoms with E-state index in [4.69, 9.17) is 5.10 Å². The van der Waals surface area contributed by atoms with E-state index >= 15 is 0 Å². The third-order valence-corrected chi connectivity index (χ3v) is 8.36. The molecular weight excluding hydrogens is 358 g/mol. The van der Waals surface area contributed by atoms with E-state index in [0.29, 0.717) is 0 Å². The maximum atomic E-state index is 13.6. The summed E-state index contributed by atoms with van der Waals surface area (Å²) in [6, 6.07) is 8.96. The van der Waals surface area contributed by atoms with Gasteiger partial charge in [-0.2, -0.15) is 5.10 Å². The molecule has 0 saturated heterocycles. The van der Waals surface area contributed by atoms with Crippen LogP contribution in [0.2, 0.25) is 0 Å². The van der Waals surface area contributed by atoms with E-state index in [1.54, 1.807) is 0 Å². The van der Waals surface area contributed by atoms with Crippen LogP contribution in [0.25, 0.3) is 0 Å². The lowest BCUT2D eigenvalue weighted by atomic mass is 9.49. The van der Waals surface area contributed by atoms with Crippen LogP contribution in [0, 0.1) is 30.1 Å². The van der Waals surface area contributed by atoms with Gasteiger partial charge in [-0.1, -0.05) is 24.3 Å². The second-order valence-electron chi connectivity index (χ2n) is 10.4. The normalized spacial score (nSPS) is 34.8. The van der Waals surface area contributed by atoms with E-state index in [1.807, 2.05) is 6.20 Å². The van der Waals surface area contributed by atoms with E-state index in [9.17, 15) is 4.79 Å². The highest BCUT2D eigenvalue weighted by Crippen LogP contribution is 2.60. The van der Waals surface area contributed by atoms with Gasteiger partial charge in [0.1, 0.15) is 5.82 Å². The predicted octanol–water partition coefficient (Wildman–Crippen LogP) is 5.27. The molecule has 152 valence electrons. The van der Waals surface area contributed by atoms with Crippen LogP contribution < -0.4 is 5.32 Å². The zero-order valence-electron chi connectivity index (χ0n) is 17.4. The minimum Gasteiger partial charge on any atom is -0.310 e. The molecule has 4 saturated carbocycles. The van der Waals surface area contributed by atoms with Crippen molar-refractivity contribution < 1.29 is 4.79 Å². The first-order valence-electron chi connectivity index (χ1n) is 11.5. The van der Waals surface area contributed by atoms with Crippen molar-refractivity contribution in [3.05, 3.63) is 47.2 Å². The molecule has 1 aromatic carbocycles. The highest BCUT2D eigenvalue weighted by Gasteiger charge is 2.54. The molecule has 5 aliphatic rings. The SMILES string of the molecule is Cc1cnn(C2CCCc3ccccc32)c1NC(=O)C12CC3CC(CC(C3)C1)C2. The summed E-state index contributed by atoms with van der Waals surface area (Å²) >= 11 is 0. The van der Waals surface area contributed by atoms with Crippen molar-refractivity contribution >= 4 is 11.7 Å². The van der Waals surface area contributed by atoms with E-state index in [2.05, 4.69) is 41.2 Å². The van der Waals surface area contributed by atoms with E-state index in [0.717, 1.165) is 61.2 Å². The predicted molar refractivity (Wildman–Crippen MR) is 114 cm³/mol. The molecular formula is C25H31N3O. The summed E-state index contributed by atoms with van der Waals surface area (Å²) in [6.45, 7) is 2.08. The molecule has 4 fully saturated rings. The number of benzene rings is 1. The molecule has 7 rings (SSSR count). The Morgan fingerprint density at radius 3 is 2.52 bits per heavy atom. The fraction of sp³-hybridized carbons (Fsp3) is 0.600. The van der Waals surface area contributed by atoms with Crippen LogP contribution in [0.15, 0.2) is 30.5 Å². The molecule has 0 aliphatic heterocycles. The first kappa shape index (κ1) is 17.7. The zero-order valence-corrected chi connectivity index (χ0v) is 17.4. The molecule has 2 aromatic rings. The van der Waals surface area contributed by atoms with Crippen molar-refractivity contribution in [3.63, 3.8) is 0 Å². The van der Waals surface area contributed by atoms with Crippen LogP contribution in [0.1, 0.15) is 74.1 Å². The van der Waals surface area contributed by atoms with E-state index in [1.165, 1.54) is 36.8 Å². The molecule has 4 heteroatoms. The molecule has 1 amide bonds. The van der Waals surface area contributed by atoms with Gasteiger partial charge < -0.3 is 5.32 Å². The van der Waals surface area contributed by atoms with Gasteiger partial charge in [0.15, 0.2) is 0 Å². The monoisotopic (exact) mass is 389 g/mol. The number of aromatic nitrogens is 2. The van der Waals surface area contributed by atoms with Crippen molar-refractivity contribution in [2.75, 3.05) is 5.32 Å². The zero-order chi connectivity index (χ0) is 19.6. The molecule has 29 heavy (non-hydrogen) atoms. The second kappa shape index (κ2) is 6.45. The Kier molecular flexibility index (Phi) is 3.94. The molecule has 4 bridgehead atoms.